The van der Waals surface area contributed by atoms with Crippen molar-refractivity contribution in [3.05, 3.63) is 16.2 Å². The van der Waals surface area contributed by atoms with Gasteiger partial charge in [-0.1, -0.05) is 11.3 Å². The van der Waals surface area contributed by atoms with E-state index in [2.05, 4.69) is 4.72 Å². The number of thiophene rings is 1. The zero-order chi connectivity index (χ0) is 14.8. The van der Waals surface area contributed by atoms with Gasteiger partial charge in [0.15, 0.2) is 5.00 Å². The third kappa shape index (κ3) is 3.62. The Kier molecular flexibility index (Phi) is 4.89. The van der Waals surface area contributed by atoms with E-state index in [-0.39, 0.29) is 14.9 Å². The minimum absolute atomic E-state index is 0.0931. The van der Waals surface area contributed by atoms with Crippen molar-refractivity contribution in [1.82, 2.24) is 4.72 Å². The number of hydrogen-bond donors (Lipinski definition) is 2. The van der Waals surface area contributed by atoms with Crippen molar-refractivity contribution < 1.29 is 13.3 Å². The lowest BCUT2D eigenvalue weighted by molar-refractivity contribution is -0.383. The molecule has 0 bridgehead atoms. The van der Waals surface area contributed by atoms with Crippen molar-refractivity contribution >= 4 is 43.8 Å². The molecule has 112 valence electrons. The highest BCUT2D eigenvalue weighted by Crippen LogP contribution is 2.34. The summed E-state index contributed by atoms with van der Waals surface area (Å²) in [4.78, 5) is 10.0. The lowest BCUT2D eigenvalue weighted by Crippen LogP contribution is -2.30. The van der Waals surface area contributed by atoms with Gasteiger partial charge in [0.1, 0.15) is 4.21 Å². The van der Waals surface area contributed by atoms with Crippen LogP contribution in [0.25, 0.3) is 0 Å². The molecule has 1 aliphatic rings. The molecule has 0 aliphatic carbocycles. The quantitative estimate of drug-likeness (QED) is 0.623. The minimum atomic E-state index is -3.72. The fourth-order valence-electron chi connectivity index (χ4n) is 1.90. The first-order valence-electron chi connectivity index (χ1n) is 6.01. The summed E-state index contributed by atoms with van der Waals surface area (Å²) in [6.07, 6.45) is 1.97. The highest BCUT2D eigenvalue weighted by molar-refractivity contribution is 7.99. The van der Waals surface area contributed by atoms with Gasteiger partial charge < -0.3 is 5.73 Å². The van der Waals surface area contributed by atoms with Crippen molar-refractivity contribution in [3.8, 4) is 0 Å². The third-order valence-corrected chi connectivity index (χ3v) is 6.98. The molecule has 0 unspecified atom stereocenters. The number of thioether (sulfide) groups is 1. The summed E-state index contributed by atoms with van der Waals surface area (Å²) < 4.78 is 26.6. The molecule has 0 radical (unpaired) electrons. The fraction of sp³-hybridized carbons (Fsp3) is 0.600. The Hall–Kier alpha value is -0.840. The van der Waals surface area contributed by atoms with E-state index in [0.717, 1.165) is 41.8 Å². The molecule has 0 amide bonds. The molecule has 20 heavy (non-hydrogen) atoms. The molecule has 1 saturated heterocycles. The SMILES string of the molecule is Nc1sc(S(=O)(=O)NCC2CCSCC2)cc1[N+](=O)[O-]. The standard InChI is InChI=1S/C10H15N3O4S3/c11-10-8(13(14)15)5-9(19-10)20(16,17)12-6-7-1-3-18-4-2-7/h5,7,12H,1-4,6,11H2. The molecular weight excluding hydrogens is 322 g/mol. The summed E-state index contributed by atoms with van der Waals surface area (Å²) in [5.74, 6) is 2.42. The van der Waals surface area contributed by atoms with E-state index >= 15 is 0 Å². The maximum absolute atomic E-state index is 12.1. The van der Waals surface area contributed by atoms with E-state index in [1.165, 1.54) is 0 Å². The number of sulfonamides is 1. The highest BCUT2D eigenvalue weighted by atomic mass is 32.2. The van der Waals surface area contributed by atoms with Gasteiger partial charge in [-0.15, -0.1) is 0 Å². The van der Waals surface area contributed by atoms with Crippen LogP contribution in [0.1, 0.15) is 12.8 Å². The van der Waals surface area contributed by atoms with Gasteiger partial charge in [0, 0.05) is 12.6 Å². The second kappa shape index (κ2) is 6.29. The van der Waals surface area contributed by atoms with Crippen LogP contribution in [0.15, 0.2) is 10.3 Å². The van der Waals surface area contributed by atoms with E-state index < -0.39 is 14.9 Å². The average molecular weight is 337 g/mol. The molecule has 10 heteroatoms. The topological polar surface area (TPSA) is 115 Å². The molecule has 2 rings (SSSR count). The van der Waals surface area contributed by atoms with E-state index in [0.29, 0.717) is 12.5 Å². The molecule has 0 spiro atoms. The molecule has 1 aliphatic heterocycles. The van der Waals surface area contributed by atoms with Crippen molar-refractivity contribution in [2.24, 2.45) is 5.92 Å². The summed E-state index contributed by atoms with van der Waals surface area (Å²) in [6, 6.07) is 1.01. The Morgan fingerprint density at radius 2 is 2.10 bits per heavy atom. The van der Waals surface area contributed by atoms with Crippen LogP contribution in [-0.2, 0) is 10.0 Å². The Balaban J connectivity index is 2.06. The number of nitrogens with zero attached hydrogens (tertiary/aromatic N) is 1. The van der Waals surface area contributed by atoms with Gasteiger partial charge in [-0.05, 0) is 30.3 Å². The first kappa shape index (κ1) is 15.5. The van der Waals surface area contributed by atoms with Crippen LogP contribution in [0.5, 0.6) is 0 Å². The summed E-state index contributed by atoms with van der Waals surface area (Å²) in [5, 5.41) is 10.6. The van der Waals surface area contributed by atoms with Gasteiger partial charge in [-0.25, -0.2) is 13.1 Å². The lowest BCUT2D eigenvalue weighted by Gasteiger charge is -2.21. The molecule has 0 atom stereocenters. The Labute approximate surface area is 125 Å². The highest BCUT2D eigenvalue weighted by Gasteiger charge is 2.25. The van der Waals surface area contributed by atoms with Gasteiger partial charge in [0.2, 0.25) is 10.0 Å². The van der Waals surface area contributed by atoms with Gasteiger partial charge in [-0.3, -0.25) is 10.1 Å². The fourth-order valence-corrected chi connectivity index (χ4v) is 5.48. The molecular formula is C10H15N3O4S3. The van der Waals surface area contributed by atoms with Crippen molar-refractivity contribution in [2.75, 3.05) is 23.8 Å². The smallest absolute Gasteiger partial charge is 0.304 e. The first-order valence-corrected chi connectivity index (χ1v) is 9.46. The predicted molar refractivity (Wildman–Crippen MR) is 80.6 cm³/mol. The van der Waals surface area contributed by atoms with E-state index in [1.54, 1.807) is 0 Å². The largest absolute Gasteiger partial charge is 0.385 e. The van der Waals surface area contributed by atoms with Gasteiger partial charge >= 0.3 is 5.69 Å². The molecule has 1 aromatic rings. The maximum atomic E-state index is 12.1. The monoisotopic (exact) mass is 337 g/mol. The van der Waals surface area contributed by atoms with Gasteiger partial charge in [0.05, 0.1) is 4.92 Å². The summed E-state index contributed by atoms with van der Waals surface area (Å²) in [5.41, 5.74) is 5.10. The van der Waals surface area contributed by atoms with Crippen molar-refractivity contribution in [3.63, 3.8) is 0 Å². The van der Waals surface area contributed by atoms with Crippen LogP contribution in [0, 0.1) is 16.0 Å². The van der Waals surface area contributed by atoms with Crippen LogP contribution < -0.4 is 10.5 Å². The number of anilines is 1. The number of nitro groups is 1. The van der Waals surface area contributed by atoms with Crippen LogP contribution in [-0.4, -0.2) is 31.4 Å². The summed E-state index contributed by atoms with van der Waals surface area (Å²) in [6.45, 7) is 0.370. The predicted octanol–water partition coefficient (Wildman–Crippen LogP) is 1.66. The van der Waals surface area contributed by atoms with Crippen molar-refractivity contribution in [2.45, 2.75) is 17.1 Å². The van der Waals surface area contributed by atoms with Crippen LogP contribution in [0.4, 0.5) is 10.7 Å². The lowest BCUT2D eigenvalue weighted by atomic mass is 10.0. The second-order valence-electron chi connectivity index (χ2n) is 4.48. The van der Waals surface area contributed by atoms with Crippen LogP contribution in [0.2, 0.25) is 0 Å². The molecule has 0 aromatic carbocycles. The normalized spacial score (nSPS) is 17.2. The molecule has 1 aromatic heterocycles. The molecule has 2 heterocycles. The van der Waals surface area contributed by atoms with E-state index in [9.17, 15) is 18.5 Å². The average Bonchev–Trinajstić information content (AvgIpc) is 2.81. The number of nitrogens with two attached hydrogens (primary N) is 1. The zero-order valence-corrected chi connectivity index (χ0v) is 13.0. The second-order valence-corrected chi connectivity index (χ2v) is 8.78. The van der Waals surface area contributed by atoms with Gasteiger partial charge in [0.25, 0.3) is 0 Å². The molecule has 0 saturated carbocycles. The Morgan fingerprint density at radius 1 is 1.45 bits per heavy atom. The summed E-state index contributed by atoms with van der Waals surface area (Å²) in [7, 11) is -3.72. The zero-order valence-electron chi connectivity index (χ0n) is 10.6. The van der Waals surface area contributed by atoms with Crippen molar-refractivity contribution in [1.29, 1.82) is 0 Å². The Bertz CT molecular complexity index is 593. The van der Waals surface area contributed by atoms with E-state index in [4.69, 9.17) is 5.73 Å². The minimum Gasteiger partial charge on any atom is -0.385 e. The third-order valence-electron chi connectivity index (χ3n) is 3.08. The van der Waals surface area contributed by atoms with Crippen LogP contribution >= 0.6 is 23.1 Å². The molecule has 1 fully saturated rings. The van der Waals surface area contributed by atoms with E-state index in [1.807, 2.05) is 11.8 Å². The van der Waals surface area contributed by atoms with Gasteiger partial charge in [-0.2, -0.15) is 11.8 Å². The molecule has 7 nitrogen and oxygen atoms in total. The number of nitrogens with one attached hydrogen (secondary N) is 1. The number of nitrogen functional groups attached to an aromatic ring is 1. The maximum Gasteiger partial charge on any atom is 0.304 e. The Morgan fingerprint density at radius 3 is 2.65 bits per heavy atom. The summed E-state index contributed by atoms with van der Waals surface area (Å²) >= 11 is 2.59. The number of rotatable bonds is 5. The number of hydrogen-bond acceptors (Lipinski definition) is 7. The first-order chi connectivity index (χ1) is 9.40. The van der Waals surface area contributed by atoms with Crippen LogP contribution in [0.3, 0.4) is 0 Å². The molecule has 3 N–H and O–H groups in total.